The first-order valence-corrected chi connectivity index (χ1v) is 11.3. The van der Waals surface area contributed by atoms with Gasteiger partial charge in [0.25, 0.3) is 0 Å². The van der Waals surface area contributed by atoms with Gasteiger partial charge in [0.1, 0.15) is 11.5 Å². The van der Waals surface area contributed by atoms with Crippen molar-refractivity contribution in [3.8, 4) is 5.75 Å². The Kier molecular flexibility index (Phi) is 8.03. The number of sulfone groups is 1. The zero-order valence-corrected chi connectivity index (χ0v) is 18.6. The first-order valence-electron chi connectivity index (χ1n) is 8.72. The molecular weight excluding hydrogens is 444 g/mol. The molecule has 0 saturated carbocycles. The number of carbonyl (C=O) groups excluding carboxylic acids is 1. The van der Waals surface area contributed by atoms with E-state index in [-0.39, 0.29) is 11.8 Å². The Morgan fingerprint density at radius 1 is 1.18 bits per heavy atom. The Hall–Kier alpha value is -1.90. The number of hydrogen-bond donors (Lipinski definition) is 1. The molecule has 0 fully saturated rings. The molecule has 152 valence electrons. The second kappa shape index (κ2) is 10.0. The molecule has 28 heavy (non-hydrogen) atoms. The predicted molar refractivity (Wildman–Crippen MR) is 114 cm³/mol. The normalized spacial score (nSPS) is 12.6. The van der Waals surface area contributed by atoms with Crippen molar-refractivity contribution < 1.29 is 17.9 Å². The average Bonchev–Trinajstić information content (AvgIpc) is 2.63. The van der Waals surface area contributed by atoms with Crippen molar-refractivity contribution in [2.24, 2.45) is 0 Å². The summed E-state index contributed by atoms with van der Waals surface area (Å²) in [7, 11) is 1.85. The van der Waals surface area contributed by atoms with Gasteiger partial charge in [-0.25, -0.2) is 8.42 Å². The van der Waals surface area contributed by atoms with Crippen LogP contribution in [0.2, 0.25) is 0 Å². The van der Waals surface area contributed by atoms with E-state index >= 15 is 0 Å². The lowest BCUT2D eigenvalue weighted by Gasteiger charge is -2.25. The number of nitrogens with zero attached hydrogens (tertiary/aromatic N) is 1. The number of likely N-dealkylation sites (N-methyl/N-ethyl adjacent to an activating group) is 1. The minimum Gasteiger partial charge on any atom is -0.497 e. The second-order valence-corrected chi connectivity index (χ2v) is 9.70. The summed E-state index contributed by atoms with van der Waals surface area (Å²) in [6.07, 6.45) is 0. The van der Waals surface area contributed by atoms with E-state index in [0.717, 1.165) is 15.8 Å². The zero-order chi connectivity index (χ0) is 20.7. The smallest absolute Gasteiger partial charge is 0.235 e. The maximum Gasteiger partial charge on any atom is 0.235 e. The van der Waals surface area contributed by atoms with Crippen molar-refractivity contribution in [1.29, 1.82) is 0 Å². The summed E-state index contributed by atoms with van der Waals surface area (Å²) in [5, 5.41) is 2.74. The summed E-state index contributed by atoms with van der Waals surface area (Å²) in [4.78, 5) is 14.2. The summed E-state index contributed by atoms with van der Waals surface area (Å²) in [5.41, 5.74) is 1.63. The van der Waals surface area contributed by atoms with Crippen LogP contribution in [0.25, 0.3) is 0 Å². The van der Waals surface area contributed by atoms with Crippen molar-refractivity contribution in [3.05, 3.63) is 64.1 Å². The fourth-order valence-corrected chi connectivity index (χ4v) is 4.36. The highest BCUT2D eigenvalue weighted by atomic mass is 79.9. The predicted octanol–water partition coefficient (Wildman–Crippen LogP) is 2.79. The molecule has 1 amide bonds. The van der Waals surface area contributed by atoms with Crippen molar-refractivity contribution >= 4 is 31.7 Å². The van der Waals surface area contributed by atoms with E-state index in [1.807, 2.05) is 43.3 Å². The lowest BCUT2D eigenvalue weighted by Crippen LogP contribution is -2.37. The van der Waals surface area contributed by atoms with E-state index in [1.54, 1.807) is 31.4 Å². The van der Waals surface area contributed by atoms with Crippen molar-refractivity contribution in [3.63, 3.8) is 0 Å². The second-order valence-electron chi connectivity index (χ2n) is 6.72. The van der Waals surface area contributed by atoms with Gasteiger partial charge in [0, 0.05) is 11.0 Å². The van der Waals surface area contributed by atoms with E-state index in [0.29, 0.717) is 12.1 Å². The van der Waals surface area contributed by atoms with Crippen molar-refractivity contribution in [1.82, 2.24) is 10.2 Å². The number of ether oxygens (including phenoxy) is 1. The molecule has 0 saturated heterocycles. The molecule has 2 rings (SSSR count). The molecule has 0 heterocycles. The van der Waals surface area contributed by atoms with Gasteiger partial charge in [0.15, 0.2) is 9.84 Å². The van der Waals surface area contributed by atoms with E-state index in [2.05, 4.69) is 21.2 Å². The third-order valence-electron chi connectivity index (χ3n) is 4.25. The van der Waals surface area contributed by atoms with Crippen LogP contribution in [-0.4, -0.2) is 52.7 Å². The molecule has 8 heteroatoms. The molecule has 0 radical (unpaired) electrons. The van der Waals surface area contributed by atoms with Gasteiger partial charge in [-0.15, -0.1) is 0 Å². The van der Waals surface area contributed by atoms with Gasteiger partial charge in [0.2, 0.25) is 5.91 Å². The number of benzene rings is 2. The summed E-state index contributed by atoms with van der Waals surface area (Å²) in [5.74, 6) is -0.484. The zero-order valence-electron chi connectivity index (χ0n) is 16.2. The van der Waals surface area contributed by atoms with E-state index in [4.69, 9.17) is 4.74 Å². The van der Waals surface area contributed by atoms with Crippen LogP contribution in [0.4, 0.5) is 0 Å². The van der Waals surface area contributed by atoms with Crippen LogP contribution in [-0.2, 0) is 20.4 Å². The fourth-order valence-electron chi connectivity index (χ4n) is 2.79. The Bertz CT molecular complexity index is 899. The lowest BCUT2D eigenvalue weighted by atomic mass is 10.1. The van der Waals surface area contributed by atoms with Gasteiger partial charge in [-0.05, 0) is 49.5 Å². The third-order valence-corrected chi connectivity index (χ3v) is 6.25. The number of halogens is 1. The standard InChI is InChI=1S/C20H25BrN2O4S/c1-23(2)19(16-5-4-6-18(11-16)27-3)12-22-20(24)14-28(25,26)13-15-7-9-17(21)10-8-15/h4-11,19H,12-14H2,1-3H3,(H,22,24). The molecule has 0 spiro atoms. The molecule has 0 bridgehead atoms. The van der Waals surface area contributed by atoms with E-state index in [9.17, 15) is 13.2 Å². The maximum absolute atomic E-state index is 12.3. The fraction of sp³-hybridized carbons (Fsp3) is 0.350. The largest absolute Gasteiger partial charge is 0.497 e. The van der Waals surface area contributed by atoms with Crippen LogP contribution in [0, 0.1) is 0 Å². The van der Waals surface area contributed by atoms with Crippen LogP contribution < -0.4 is 10.1 Å². The minimum absolute atomic E-state index is 0.103. The van der Waals surface area contributed by atoms with Crippen molar-refractivity contribution in [2.75, 3.05) is 33.5 Å². The molecule has 2 aromatic carbocycles. The van der Waals surface area contributed by atoms with Gasteiger partial charge < -0.3 is 15.0 Å². The Balaban J connectivity index is 1.97. The molecular formula is C20H25BrN2O4S. The van der Waals surface area contributed by atoms with Crippen molar-refractivity contribution in [2.45, 2.75) is 11.8 Å². The number of carbonyl (C=O) groups is 1. The highest BCUT2D eigenvalue weighted by molar-refractivity contribution is 9.10. The quantitative estimate of drug-likeness (QED) is 0.612. The summed E-state index contributed by atoms with van der Waals surface area (Å²) in [6, 6.07) is 14.5. The van der Waals surface area contributed by atoms with Crippen LogP contribution in [0.15, 0.2) is 53.0 Å². The summed E-state index contributed by atoms with van der Waals surface area (Å²) in [6.45, 7) is 0.298. The number of amides is 1. The highest BCUT2D eigenvalue weighted by Gasteiger charge is 2.20. The lowest BCUT2D eigenvalue weighted by molar-refractivity contribution is -0.118. The third kappa shape index (κ3) is 6.92. The van der Waals surface area contributed by atoms with Gasteiger partial charge in [-0.1, -0.05) is 40.2 Å². The van der Waals surface area contributed by atoms with Crippen LogP contribution >= 0.6 is 15.9 Å². The SMILES string of the molecule is COc1cccc(C(CNC(=O)CS(=O)(=O)Cc2ccc(Br)cc2)N(C)C)c1. The van der Waals surface area contributed by atoms with E-state index in [1.165, 1.54) is 0 Å². The molecule has 0 aliphatic heterocycles. The minimum atomic E-state index is -3.55. The number of rotatable bonds is 9. The highest BCUT2D eigenvalue weighted by Crippen LogP contribution is 2.22. The van der Waals surface area contributed by atoms with Crippen LogP contribution in [0.1, 0.15) is 17.2 Å². The molecule has 6 nitrogen and oxygen atoms in total. The maximum atomic E-state index is 12.3. The Morgan fingerprint density at radius 3 is 2.46 bits per heavy atom. The Morgan fingerprint density at radius 2 is 1.86 bits per heavy atom. The monoisotopic (exact) mass is 468 g/mol. The molecule has 1 unspecified atom stereocenters. The summed E-state index contributed by atoms with van der Waals surface area (Å²) >= 11 is 3.31. The van der Waals surface area contributed by atoms with Crippen LogP contribution in [0.3, 0.4) is 0 Å². The van der Waals surface area contributed by atoms with Gasteiger partial charge >= 0.3 is 0 Å². The molecule has 0 aromatic heterocycles. The molecule has 2 aromatic rings. The summed E-state index contributed by atoms with van der Waals surface area (Å²) < 4.78 is 30.8. The molecule has 0 aliphatic carbocycles. The first-order chi connectivity index (χ1) is 13.2. The molecule has 1 atom stereocenters. The topological polar surface area (TPSA) is 75.7 Å². The number of methoxy groups -OCH3 is 1. The molecule has 0 aliphatic rings. The van der Waals surface area contributed by atoms with Gasteiger partial charge in [0.05, 0.1) is 18.9 Å². The van der Waals surface area contributed by atoms with Gasteiger partial charge in [-0.3, -0.25) is 4.79 Å². The Labute approximate surface area is 174 Å². The molecule has 1 N–H and O–H groups in total. The first kappa shape index (κ1) is 22.4. The number of hydrogen-bond acceptors (Lipinski definition) is 5. The van der Waals surface area contributed by atoms with Crippen LogP contribution in [0.5, 0.6) is 5.75 Å². The van der Waals surface area contributed by atoms with Gasteiger partial charge in [-0.2, -0.15) is 0 Å². The average molecular weight is 469 g/mol. The number of nitrogens with one attached hydrogen (secondary N) is 1. The van der Waals surface area contributed by atoms with E-state index < -0.39 is 21.5 Å².